The number of halogens is 1. The molecule has 0 radical (unpaired) electrons. The van der Waals surface area contributed by atoms with Crippen LogP contribution in [0.15, 0.2) is 12.3 Å². The van der Waals surface area contributed by atoms with Gasteiger partial charge >= 0.3 is 0 Å². The fourth-order valence-corrected chi connectivity index (χ4v) is 0.841. The van der Waals surface area contributed by atoms with Gasteiger partial charge in [-0.15, -0.1) is 12.4 Å². The van der Waals surface area contributed by atoms with Crippen molar-refractivity contribution in [1.82, 2.24) is 9.78 Å². The number of hydrogen-bond acceptors (Lipinski definition) is 2. The number of aromatic nitrogens is 2. The Morgan fingerprint density at radius 1 is 1.64 bits per heavy atom. The van der Waals surface area contributed by atoms with E-state index in [4.69, 9.17) is 5.73 Å². The summed E-state index contributed by atoms with van der Waals surface area (Å²) in [7, 11) is 0. The Morgan fingerprint density at radius 3 is 2.82 bits per heavy atom. The Kier molecular flexibility index (Phi) is 4.90. The van der Waals surface area contributed by atoms with Gasteiger partial charge in [-0.3, -0.25) is 4.68 Å². The third-order valence-corrected chi connectivity index (χ3v) is 1.37. The van der Waals surface area contributed by atoms with E-state index in [0.717, 1.165) is 25.2 Å². The first kappa shape index (κ1) is 10.5. The lowest BCUT2D eigenvalue weighted by atomic mass is 10.4. The molecule has 3 nitrogen and oxygen atoms in total. The van der Waals surface area contributed by atoms with Crippen molar-refractivity contribution in [2.45, 2.75) is 19.9 Å². The second kappa shape index (κ2) is 5.16. The standard InChI is InChI=1S/C7H13N3.ClH/c1-7-3-6-10(9-7)5-2-4-8;/h3,6H,2,4-5,8H2,1H3;1H. The second-order valence-electron chi connectivity index (χ2n) is 2.36. The van der Waals surface area contributed by atoms with Crippen molar-refractivity contribution in [3.63, 3.8) is 0 Å². The predicted octanol–water partition coefficient (Wildman–Crippen LogP) is 0.962. The fourth-order valence-electron chi connectivity index (χ4n) is 0.841. The predicted molar refractivity (Wildman–Crippen MR) is 47.9 cm³/mol. The highest BCUT2D eigenvalue weighted by atomic mass is 35.5. The van der Waals surface area contributed by atoms with Gasteiger partial charge in [0, 0.05) is 12.7 Å². The summed E-state index contributed by atoms with van der Waals surface area (Å²) < 4.78 is 1.92. The molecule has 0 saturated carbocycles. The van der Waals surface area contributed by atoms with Crippen LogP contribution in [0.25, 0.3) is 0 Å². The van der Waals surface area contributed by atoms with Gasteiger partial charge in [0.1, 0.15) is 0 Å². The Balaban J connectivity index is 0.000001000. The Labute approximate surface area is 73.0 Å². The maximum atomic E-state index is 5.34. The average Bonchev–Trinajstić information content (AvgIpc) is 2.31. The van der Waals surface area contributed by atoms with Gasteiger partial charge in [0.25, 0.3) is 0 Å². The molecule has 0 saturated heterocycles. The van der Waals surface area contributed by atoms with Crippen LogP contribution in [0, 0.1) is 6.92 Å². The van der Waals surface area contributed by atoms with E-state index in [2.05, 4.69) is 5.10 Å². The summed E-state index contributed by atoms with van der Waals surface area (Å²) >= 11 is 0. The zero-order chi connectivity index (χ0) is 7.40. The van der Waals surface area contributed by atoms with Crippen LogP contribution in [0.2, 0.25) is 0 Å². The molecule has 0 atom stereocenters. The van der Waals surface area contributed by atoms with Crippen LogP contribution in [0.3, 0.4) is 0 Å². The minimum Gasteiger partial charge on any atom is -0.330 e. The summed E-state index contributed by atoms with van der Waals surface area (Å²) in [5, 5.41) is 4.21. The summed E-state index contributed by atoms with van der Waals surface area (Å²) in [6.07, 6.45) is 2.98. The summed E-state index contributed by atoms with van der Waals surface area (Å²) in [5.41, 5.74) is 6.41. The zero-order valence-corrected chi connectivity index (χ0v) is 7.47. The Bertz CT molecular complexity index is 197. The van der Waals surface area contributed by atoms with Gasteiger partial charge in [0.15, 0.2) is 0 Å². The van der Waals surface area contributed by atoms with Crippen LogP contribution in [-0.2, 0) is 6.54 Å². The van der Waals surface area contributed by atoms with Crippen molar-refractivity contribution in [2.75, 3.05) is 6.54 Å². The zero-order valence-electron chi connectivity index (χ0n) is 6.66. The van der Waals surface area contributed by atoms with Gasteiger partial charge < -0.3 is 5.73 Å². The number of hydrogen-bond donors (Lipinski definition) is 1. The largest absolute Gasteiger partial charge is 0.330 e. The first-order valence-corrected chi connectivity index (χ1v) is 3.53. The Hall–Kier alpha value is -0.540. The average molecular weight is 176 g/mol. The lowest BCUT2D eigenvalue weighted by Gasteiger charge is -1.96. The van der Waals surface area contributed by atoms with Gasteiger partial charge in [0.05, 0.1) is 5.69 Å². The molecule has 0 aromatic carbocycles. The highest BCUT2D eigenvalue weighted by Crippen LogP contribution is 1.92. The van der Waals surface area contributed by atoms with Crippen molar-refractivity contribution in [3.8, 4) is 0 Å². The van der Waals surface area contributed by atoms with Crippen LogP contribution in [-0.4, -0.2) is 16.3 Å². The van der Waals surface area contributed by atoms with Gasteiger partial charge in [-0.2, -0.15) is 5.10 Å². The molecule has 0 unspecified atom stereocenters. The van der Waals surface area contributed by atoms with Crippen LogP contribution >= 0.6 is 12.4 Å². The molecule has 0 aliphatic carbocycles. The monoisotopic (exact) mass is 175 g/mol. The van der Waals surface area contributed by atoms with E-state index < -0.39 is 0 Å². The third-order valence-electron chi connectivity index (χ3n) is 1.37. The lowest BCUT2D eigenvalue weighted by Crippen LogP contribution is -2.05. The van der Waals surface area contributed by atoms with E-state index in [1.807, 2.05) is 23.9 Å². The molecule has 0 fully saturated rings. The molecule has 11 heavy (non-hydrogen) atoms. The van der Waals surface area contributed by atoms with Crippen molar-refractivity contribution >= 4 is 12.4 Å². The maximum Gasteiger partial charge on any atom is 0.0593 e. The van der Waals surface area contributed by atoms with Gasteiger partial charge in [-0.25, -0.2) is 0 Å². The highest BCUT2D eigenvalue weighted by molar-refractivity contribution is 5.85. The third kappa shape index (κ3) is 3.39. The molecule has 1 aromatic heterocycles. The molecule has 2 N–H and O–H groups in total. The van der Waals surface area contributed by atoms with Crippen LogP contribution in [0.4, 0.5) is 0 Å². The molecule has 64 valence electrons. The van der Waals surface area contributed by atoms with Gasteiger partial charge in [-0.05, 0) is 26.0 Å². The van der Waals surface area contributed by atoms with Crippen LogP contribution in [0.5, 0.6) is 0 Å². The SMILES string of the molecule is Cc1ccn(CCCN)n1.Cl. The molecule has 0 aliphatic rings. The van der Waals surface area contributed by atoms with Crippen molar-refractivity contribution < 1.29 is 0 Å². The summed E-state index contributed by atoms with van der Waals surface area (Å²) in [6, 6.07) is 2.00. The molecular weight excluding hydrogens is 162 g/mol. The molecule has 0 spiro atoms. The molecule has 4 heteroatoms. The molecule has 1 heterocycles. The minimum atomic E-state index is 0. The number of aryl methyl sites for hydroxylation is 2. The van der Waals surface area contributed by atoms with Crippen molar-refractivity contribution in [3.05, 3.63) is 18.0 Å². The number of nitrogens with two attached hydrogens (primary N) is 1. The van der Waals surface area contributed by atoms with E-state index in [9.17, 15) is 0 Å². The lowest BCUT2D eigenvalue weighted by molar-refractivity contribution is 0.581. The molecule has 1 rings (SSSR count). The van der Waals surface area contributed by atoms with E-state index in [0.29, 0.717) is 0 Å². The van der Waals surface area contributed by atoms with E-state index in [-0.39, 0.29) is 12.4 Å². The van der Waals surface area contributed by atoms with Crippen molar-refractivity contribution in [2.24, 2.45) is 5.73 Å². The fraction of sp³-hybridized carbons (Fsp3) is 0.571. The quantitative estimate of drug-likeness (QED) is 0.744. The number of rotatable bonds is 3. The van der Waals surface area contributed by atoms with Crippen molar-refractivity contribution in [1.29, 1.82) is 0 Å². The maximum absolute atomic E-state index is 5.34. The van der Waals surface area contributed by atoms with E-state index in [1.165, 1.54) is 0 Å². The highest BCUT2D eigenvalue weighted by Gasteiger charge is 1.90. The van der Waals surface area contributed by atoms with E-state index >= 15 is 0 Å². The molecular formula is C7H14ClN3. The van der Waals surface area contributed by atoms with E-state index in [1.54, 1.807) is 0 Å². The summed E-state index contributed by atoms with van der Waals surface area (Å²) in [6.45, 7) is 3.65. The van der Waals surface area contributed by atoms with Crippen LogP contribution < -0.4 is 5.73 Å². The Morgan fingerprint density at radius 2 is 2.36 bits per heavy atom. The van der Waals surface area contributed by atoms with Gasteiger partial charge in [0.2, 0.25) is 0 Å². The topological polar surface area (TPSA) is 43.8 Å². The summed E-state index contributed by atoms with van der Waals surface area (Å²) in [5.74, 6) is 0. The molecule has 1 aromatic rings. The molecule has 0 bridgehead atoms. The number of nitrogens with zero attached hydrogens (tertiary/aromatic N) is 2. The van der Waals surface area contributed by atoms with Gasteiger partial charge in [-0.1, -0.05) is 0 Å². The molecule has 0 aliphatic heterocycles. The molecule has 0 amide bonds. The normalized spacial score (nSPS) is 9.27. The van der Waals surface area contributed by atoms with Crippen LogP contribution in [0.1, 0.15) is 12.1 Å². The minimum absolute atomic E-state index is 0. The first-order chi connectivity index (χ1) is 4.83. The smallest absolute Gasteiger partial charge is 0.0593 e. The summed E-state index contributed by atoms with van der Waals surface area (Å²) in [4.78, 5) is 0. The first-order valence-electron chi connectivity index (χ1n) is 3.53. The second-order valence-corrected chi connectivity index (χ2v) is 2.36.